The molecule has 0 saturated carbocycles. The number of carbonyl (C=O) groups is 1. The molecule has 130 valence electrons. The maximum atomic E-state index is 12.2. The largest absolute Gasteiger partial charge is 0.350 e. The third-order valence-corrected chi connectivity index (χ3v) is 4.91. The number of amides is 1. The molecule has 0 atom stereocenters. The van der Waals surface area contributed by atoms with Crippen LogP contribution in [0.5, 0.6) is 0 Å². The van der Waals surface area contributed by atoms with Gasteiger partial charge in [-0.05, 0) is 23.8 Å². The Labute approximate surface area is 151 Å². The first-order chi connectivity index (χ1) is 11.8. The number of halogens is 1. The smallest absolute Gasteiger partial charge is 0.241 e. The van der Waals surface area contributed by atoms with Crippen LogP contribution in [-0.2, 0) is 21.4 Å². The van der Waals surface area contributed by atoms with Gasteiger partial charge in [-0.1, -0.05) is 41.9 Å². The lowest BCUT2D eigenvalue weighted by Gasteiger charge is -2.22. The fourth-order valence-electron chi connectivity index (χ4n) is 2.19. The van der Waals surface area contributed by atoms with Gasteiger partial charge in [-0.25, -0.2) is 8.42 Å². The Bertz CT molecular complexity index is 923. The van der Waals surface area contributed by atoms with Crippen molar-refractivity contribution in [3.05, 3.63) is 64.7 Å². The summed E-state index contributed by atoms with van der Waals surface area (Å²) in [4.78, 5) is 12.2. The number of hydrogen-bond donors (Lipinski definition) is 1. The van der Waals surface area contributed by atoms with Crippen LogP contribution in [0.3, 0.4) is 0 Å². The summed E-state index contributed by atoms with van der Waals surface area (Å²) < 4.78 is 25.1. The van der Waals surface area contributed by atoms with E-state index in [2.05, 4.69) is 5.32 Å². The van der Waals surface area contributed by atoms with E-state index in [-0.39, 0.29) is 17.8 Å². The van der Waals surface area contributed by atoms with Crippen LogP contribution in [-0.4, -0.2) is 27.1 Å². The molecule has 0 aliphatic heterocycles. The van der Waals surface area contributed by atoms with Crippen molar-refractivity contribution in [3.8, 4) is 6.07 Å². The third kappa shape index (κ3) is 4.95. The Morgan fingerprint density at radius 3 is 2.48 bits per heavy atom. The van der Waals surface area contributed by atoms with Gasteiger partial charge in [0.2, 0.25) is 15.9 Å². The quantitative estimate of drug-likeness (QED) is 0.836. The highest BCUT2D eigenvalue weighted by molar-refractivity contribution is 7.92. The van der Waals surface area contributed by atoms with Crippen molar-refractivity contribution in [2.45, 2.75) is 6.54 Å². The summed E-state index contributed by atoms with van der Waals surface area (Å²) in [5, 5.41) is 12.3. The molecule has 0 aliphatic rings. The van der Waals surface area contributed by atoms with Crippen LogP contribution in [0.25, 0.3) is 0 Å². The summed E-state index contributed by atoms with van der Waals surface area (Å²) in [6.07, 6.45) is 0.989. The second-order valence-electron chi connectivity index (χ2n) is 5.27. The molecule has 0 aliphatic carbocycles. The summed E-state index contributed by atoms with van der Waals surface area (Å²) in [5.74, 6) is -0.502. The van der Waals surface area contributed by atoms with E-state index in [1.807, 2.05) is 6.07 Å². The lowest BCUT2D eigenvalue weighted by molar-refractivity contribution is -0.119. The summed E-state index contributed by atoms with van der Waals surface area (Å²) in [6.45, 7) is -0.252. The number of rotatable bonds is 6. The van der Waals surface area contributed by atoms with E-state index in [1.165, 1.54) is 12.1 Å². The van der Waals surface area contributed by atoms with Gasteiger partial charge in [0.15, 0.2) is 0 Å². The molecule has 0 radical (unpaired) electrons. The SMILES string of the molecule is CS(=O)(=O)N(CC(=O)NCc1ccccc1Cl)c1ccccc1C#N. The maximum Gasteiger partial charge on any atom is 0.241 e. The van der Waals surface area contributed by atoms with Crippen LogP contribution in [0.15, 0.2) is 48.5 Å². The molecular formula is C17H16ClN3O3S. The topological polar surface area (TPSA) is 90.3 Å². The Morgan fingerprint density at radius 1 is 1.20 bits per heavy atom. The molecule has 1 amide bonds. The van der Waals surface area contributed by atoms with E-state index in [0.29, 0.717) is 5.02 Å². The van der Waals surface area contributed by atoms with Crippen LogP contribution < -0.4 is 9.62 Å². The summed E-state index contributed by atoms with van der Waals surface area (Å²) >= 11 is 6.03. The monoisotopic (exact) mass is 377 g/mol. The van der Waals surface area contributed by atoms with E-state index in [1.54, 1.807) is 36.4 Å². The zero-order chi connectivity index (χ0) is 18.4. The number of nitrogens with one attached hydrogen (secondary N) is 1. The fraction of sp³-hybridized carbons (Fsp3) is 0.176. The zero-order valence-corrected chi connectivity index (χ0v) is 15.0. The van der Waals surface area contributed by atoms with Gasteiger partial charge in [-0.3, -0.25) is 9.10 Å². The zero-order valence-electron chi connectivity index (χ0n) is 13.4. The van der Waals surface area contributed by atoms with E-state index in [4.69, 9.17) is 16.9 Å². The molecule has 2 aromatic rings. The molecule has 0 heterocycles. The van der Waals surface area contributed by atoms with Crippen LogP contribution in [0.2, 0.25) is 5.02 Å². The second-order valence-corrected chi connectivity index (χ2v) is 7.58. The van der Waals surface area contributed by atoms with Gasteiger partial charge in [0.1, 0.15) is 12.6 Å². The summed E-state index contributed by atoms with van der Waals surface area (Å²) in [6, 6.07) is 15.2. The van der Waals surface area contributed by atoms with Crippen LogP contribution in [0.1, 0.15) is 11.1 Å². The summed E-state index contributed by atoms with van der Waals surface area (Å²) in [7, 11) is -3.74. The molecule has 0 saturated heterocycles. The van der Waals surface area contributed by atoms with Crippen molar-refractivity contribution in [2.24, 2.45) is 0 Å². The van der Waals surface area contributed by atoms with Gasteiger partial charge in [0, 0.05) is 11.6 Å². The number of nitriles is 1. The standard InChI is InChI=1S/C17H16ClN3O3S/c1-25(23,24)21(16-9-5-3-6-13(16)10-19)12-17(22)20-11-14-7-2-4-8-15(14)18/h2-9H,11-12H2,1H3,(H,20,22). The van der Waals surface area contributed by atoms with E-state index < -0.39 is 22.5 Å². The molecule has 0 fully saturated rings. The van der Waals surface area contributed by atoms with Crippen molar-refractivity contribution >= 4 is 33.2 Å². The van der Waals surface area contributed by atoms with E-state index in [9.17, 15) is 13.2 Å². The van der Waals surface area contributed by atoms with E-state index >= 15 is 0 Å². The fourth-order valence-corrected chi connectivity index (χ4v) is 3.26. The Morgan fingerprint density at radius 2 is 1.84 bits per heavy atom. The molecule has 2 rings (SSSR count). The Kier molecular flexibility index (Phi) is 6.02. The first-order valence-electron chi connectivity index (χ1n) is 7.30. The number of hydrogen-bond acceptors (Lipinski definition) is 4. The van der Waals surface area contributed by atoms with Crippen LogP contribution in [0, 0.1) is 11.3 Å². The van der Waals surface area contributed by atoms with Crippen LogP contribution >= 0.6 is 11.6 Å². The number of anilines is 1. The minimum absolute atomic E-state index is 0.167. The van der Waals surface area contributed by atoms with Crippen molar-refractivity contribution in [1.29, 1.82) is 5.26 Å². The molecule has 0 unspecified atom stereocenters. The molecule has 25 heavy (non-hydrogen) atoms. The Hall–Kier alpha value is -2.56. The molecule has 8 heteroatoms. The number of nitrogens with zero attached hydrogens (tertiary/aromatic N) is 2. The van der Waals surface area contributed by atoms with Gasteiger partial charge >= 0.3 is 0 Å². The van der Waals surface area contributed by atoms with Gasteiger partial charge in [-0.15, -0.1) is 0 Å². The lowest BCUT2D eigenvalue weighted by Crippen LogP contribution is -2.40. The van der Waals surface area contributed by atoms with Gasteiger partial charge < -0.3 is 5.32 Å². The van der Waals surface area contributed by atoms with Gasteiger partial charge in [0.25, 0.3) is 0 Å². The first-order valence-corrected chi connectivity index (χ1v) is 9.52. The molecule has 0 bridgehead atoms. The van der Waals surface area contributed by atoms with Crippen molar-refractivity contribution < 1.29 is 13.2 Å². The molecule has 0 spiro atoms. The first kappa shape index (κ1) is 18.8. The maximum absolute atomic E-state index is 12.2. The second kappa shape index (κ2) is 8.01. The molecular weight excluding hydrogens is 362 g/mol. The molecule has 1 N–H and O–H groups in total. The number of para-hydroxylation sites is 1. The predicted octanol–water partition coefficient (Wildman–Crippen LogP) is 2.29. The number of benzene rings is 2. The highest BCUT2D eigenvalue weighted by atomic mass is 35.5. The van der Waals surface area contributed by atoms with Crippen LogP contribution in [0.4, 0.5) is 5.69 Å². The van der Waals surface area contributed by atoms with Crippen molar-refractivity contribution in [2.75, 3.05) is 17.1 Å². The van der Waals surface area contributed by atoms with Gasteiger partial charge in [-0.2, -0.15) is 5.26 Å². The third-order valence-electron chi connectivity index (χ3n) is 3.41. The molecule has 6 nitrogen and oxygen atoms in total. The number of sulfonamides is 1. The Balaban J connectivity index is 2.17. The summed E-state index contributed by atoms with van der Waals surface area (Å²) in [5.41, 5.74) is 1.06. The minimum atomic E-state index is -3.74. The molecule has 0 aromatic heterocycles. The highest BCUT2D eigenvalue weighted by Crippen LogP contribution is 2.22. The van der Waals surface area contributed by atoms with Crippen molar-refractivity contribution in [3.63, 3.8) is 0 Å². The lowest BCUT2D eigenvalue weighted by atomic mass is 10.2. The van der Waals surface area contributed by atoms with Crippen molar-refractivity contribution in [1.82, 2.24) is 5.32 Å². The van der Waals surface area contributed by atoms with Gasteiger partial charge in [0.05, 0.1) is 17.5 Å². The average molecular weight is 378 g/mol. The highest BCUT2D eigenvalue weighted by Gasteiger charge is 2.23. The predicted molar refractivity (Wildman–Crippen MR) is 96.6 cm³/mol. The normalized spacial score (nSPS) is 10.8. The minimum Gasteiger partial charge on any atom is -0.350 e. The molecule has 2 aromatic carbocycles. The van der Waals surface area contributed by atoms with E-state index in [0.717, 1.165) is 16.1 Å². The number of carbonyl (C=O) groups excluding carboxylic acids is 1. The average Bonchev–Trinajstić information content (AvgIpc) is 2.58.